The van der Waals surface area contributed by atoms with E-state index in [1.807, 2.05) is 0 Å². The predicted molar refractivity (Wildman–Crippen MR) is 208 cm³/mol. The first-order valence-electron chi connectivity index (χ1n) is 16.2. The van der Waals surface area contributed by atoms with Crippen molar-refractivity contribution < 1.29 is 58.9 Å². The fourth-order valence-corrected chi connectivity index (χ4v) is 22.8. The number of benzene rings is 3. The summed E-state index contributed by atoms with van der Waals surface area (Å²) in [7, 11) is -8.08. The molecule has 8 heteroatoms. The van der Waals surface area contributed by atoms with E-state index >= 15 is 0 Å². The van der Waals surface area contributed by atoms with Crippen molar-refractivity contribution in [2.45, 2.75) is 107 Å². The summed E-state index contributed by atoms with van der Waals surface area (Å²) in [5, 5.41) is 11.6. The fraction of sp³-hybridized carbons (Fsp3) is 0.410. The molecule has 4 rings (SSSR count). The molecule has 0 aromatic heterocycles. The molecule has 0 saturated carbocycles. The number of aryl methyl sites for hydroxylation is 3. The van der Waals surface area contributed by atoms with E-state index in [1.54, 1.807) is 36.3 Å². The smallest absolute Gasteiger partial charge is 1.00 e. The van der Waals surface area contributed by atoms with Gasteiger partial charge in [-0.05, 0) is 36.3 Å². The minimum atomic E-state index is -2.83. The zero-order valence-electron chi connectivity index (χ0n) is 31.8. The van der Waals surface area contributed by atoms with Gasteiger partial charge in [-0.3, -0.25) is 0 Å². The first-order chi connectivity index (χ1) is 19.6. The number of hydrogen-bond donors (Lipinski definition) is 0. The van der Waals surface area contributed by atoms with Crippen LogP contribution >= 0.6 is 0 Å². The molecule has 0 atom stereocenters. The minimum absolute atomic E-state index is 0. The van der Waals surface area contributed by atoms with Crippen molar-refractivity contribution in [1.82, 2.24) is 0 Å². The SMILES string of the molecule is Cc1ccc([Si](c2ccc(C)cc2[Si](C)(C)C)(c2ccc(C)cc2[Si](C)(C)C)c2c(C)c(C)c(C)[c-]2C)c([Si](C)(C)C)c1.[Cl-].[Cl-].[Cl-].[Ti+4]. The van der Waals surface area contributed by atoms with Gasteiger partial charge < -0.3 is 37.2 Å². The van der Waals surface area contributed by atoms with Gasteiger partial charge in [0.25, 0.3) is 0 Å². The van der Waals surface area contributed by atoms with Crippen LogP contribution in [-0.4, -0.2) is 32.3 Å². The van der Waals surface area contributed by atoms with E-state index in [9.17, 15) is 0 Å². The summed E-state index contributed by atoms with van der Waals surface area (Å²) < 4.78 is 0. The molecule has 0 bridgehead atoms. The standard InChI is InChI=1S/C39H57Si4.3ClH.Ti/c1-26-17-20-33(36(23-26)40(8,9)10)43(39-31(6)29(4)30(5)32(39)7,34-21-18-27(2)24-37(34)41(11,12)13)35-22-19-28(3)25-38(35)42(14,15)16;;;;/h17-25H,1-16H3;3*1H;/q-1;;;;+4/p-3. The van der Waals surface area contributed by atoms with Gasteiger partial charge in [0, 0.05) is 0 Å². The Labute approximate surface area is 325 Å². The number of halogens is 3. The molecular weight excluding hydrogens is 735 g/mol. The maximum atomic E-state index is 2.60. The molecule has 0 fully saturated rings. The average Bonchev–Trinajstić information content (AvgIpc) is 3.07. The third-order valence-corrected chi connectivity index (χ3v) is 22.0. The molecule has 4 aromatic carbocycles. The van der Waals surface area contributed by atoms with Crippen molar-refractivity contribution in [1.29, 1.82) is 0 Å². The molecule has 0 spiro atoms. The van der Waals surface area contributed by atoms with E-state index in [4.69, 9.17) is 0 Å². The second-order valence-corrected chi connectivity index (χ2v) is 35.3. The zero-order chi connectivity index (χ0) is 32.4. The first kappa shape index (κ1) is 46.5. The Morgan fingerprint density at radius 2 is 0.702 bits per heavy atom. The number of hydrogen-bond acceptors (Lipinski definition) is 0. The first-order valence-corrected chi connectivity index (χ1v) is 28.7. The van der Waals surface area contributed by atoms with Gasteiger partial charge in [-0.1, -0.05) is 173 Å². The summed E-state index contributed by atoms with van der Waals surface area (Å²) in [6.45, 7) is 39.6. The maximum Gasteiger partial charge on any atom is 4.00 e. The van der Waals surface area contributed by atoms with Crippen LogP contribution in [0.25, 0.3) is 0 Å². The van der Waals surface area contributed by atoms with Gasteiger partial charge in [0.1, 0.15) is 0 Å². The minimum Gasteiger partial charge on any atom is -1.00 e. The summed E-state index contributed by atoms with van der Waals surface area (Å²) >= 11 is 0. The van der Waals surface area contributed by atoms with Crippen LogP contribution in [0.1, 0.15) is 38.9 Å². The van der Waals surface area contributed by atoms with E-state index in [0.717, 1.165) is 0 Å². The quantitative estimate of drug-likeness (QED) is 0.111. The van der Waals surface area contributed by atoms with Gasteiger partial charge in [0.05, 0.1) is 24.2 Å². The van der Waals surface area contributed by atoms with Crippen molar-refractivity contribution in [3.05, 3.63) is 93.5 Å². The molecule has 0 heterocycles. The topological polar surface area (TPSA) is 0 Å². The predicted octanol–water partition coefficient (Wildman–Crippen LogP) is -2.41. The molecule has 0 amide bonds. The molecular formula is C39H57Cl3Si4Ti. The third kappa shape index (κ3) is 8.51. The average molecular weight is 792 g/mol. The molecule has 254 valence electrons. The molecule has 0 N–H and O–H groups in total. The van der Waals surface area contributed by atoms with E-state index in [-0.39, 0.29) is 58.9 Å². The van der Waals surface area contributed by atoms with E-state index < -0.39 is 32.3 Å². The third-order valence-electron chi connectivity index (χ3n) is 9.97. The van der Waals surface area contributed by atoms with Crippen LogP contribution in [-0.2, 0) is 21.7 Å². The molecule has 0 unspecified atom stereocenters. The van der Waals surface area contributed by atoms with Gasteiger partial charge in [0.2, 0.25) is 0 Å². The second kappa shape index (κ2) is 16.2. The Kier molecular flexibility index (Phi) is 16.0. The van der Waals surface area contributed by atoms with Crippen LogP contribution in [0.2, 0.25) is 58.9 Å². The summed E-state index contributed by atoms with van der Waals surface area (Å²) in [4.78, 5) is 0. The van der Waals surface area contributed by atoms with Crippen molar-refractivity contribution in [3.8, 4) is 0 Å². The van der Waals surface area contributed by atoms with Gasteiger partial charge in [-0.2, -0.15) is 27.4 Å². The fourth-order valence-electron chi connectivity index (χ4n) is 7.44. The van der Waals surface area contributed by atoms with Crippen LogP contribution in [0.5, 0.6) is 0 Å². The Hall–Kier alpha value is -0.538. The Morgan fingerprint density at radius 1 is 0.426 bits per heavy atom. The molecule has 4 aromatic rings. The maximum absolute atomic E-state index is 2.83. The number of rotatable bonds is 7. The van der Waals surface area contributed by atoms with E-state index in [2.05, 4.69) is 162 Å². The second-order valence-electron chi connectivity index (χ2n) is 16.5. The van der Waals surface area contributed by atoms with Gasteiger partial charge >= 0.3 is 21.7 Å². The van der Waals surface area contributed by atoms with Crippen molar-refractivity contribution in [2.75, 3.05) is 0 Å². The normalized spacial score (nSPS) is 12.0. The molecule has 0 radical (unpaired) electrons. The molecule has 47 heavy (non-hydrogen) atoms. The van der Waals surface area contributed by atoms with E-state index in [0.29, 0.717) is 0 Å². The molecule has 0 saturated heterocycles. The summed E-state index contributed by atoms with van der Waals surface area (Å²) in [5.41, 5.74) is 10.2. The summed E-state index contributed by atoms with van der Waals surface area (Å²) in [5.74, 6) is 0. The Bertz CT molecular complexity index is 1520. The molecule has 0 aliphatic carbocycles. The Balaban J connectivity index is 0.00000529. The van der Waals surface area contributed by atoms with Crippen molar-refractivity contribution in [3.63, 3.8) is 0 Å². The zero-order valence-corrected chi connectivity index (χ0v) is 39.7. The van der Waals surface area contributed by atoms with Crippen LogP contribution in [0.3, 0.4) is 0 Å². The summed E-state index contributed by atoms with van der Waals surface area (Å²) in [6.07, 6.45) is 0. The van der Waals surface area contributed by atoms with Crippen LogP contribution in [0.4, 0.5) is 0 Å². The van der Waals surface area contributed by atoms with Crippen LogP contribution < -0.4 is 73.5 Å². The molecule has 0 aliphatic rings. The molecule has 0 nitrogen and oxygen atoms in total. The van der Waals surface area contributed by atoms with Crippen molar-refractivity contribution in [2.24, 2.45) is 0 Å². The van der Waals surface area contributed by atoms with E-state index in [1.165, 1.54) is 38.9 Å². The van der Waals surface area contributed by atoms with Gasteiger partial charge in [0.15, 0.2) is 8.07 Å². The van der Waals surface area contributed by atoms with Crippen LogP contribution in [0, 0.1) is 48.5 Å². The summed E-state index contributed by atoms with van der Waals surface area (Å²) in [6, 6.07) is 22.9. The molecule has 0 aliphatic heterocycles. The van der Waals surface area contributed by atoms with Crippen LogP contribution in [0.15, 0.2) is 54.6 Å². The van der Waals surface area contributed by atoms with Gasteiger partial charge in [-0.25, -0.2) is 0 Å². The van der Waals surface area contributed by atoms with Crippen molar-refractivity contribution >= 4 is 68.6 Å². The van der Waals surface area contributed by atoms with Gasteiger partial charge in [-0.15, -0.1) is 0 Å². The monoisotopic (exact) mass is 790 g/mol. The Morgan fingerprint density at radius 3 is 0.915 bits per heavy atom. The largest absolute Gasteiger partial charge is 4.00 e.